The van der Waals surface area contributed by atoms with Gasteiger partial charge in [0.1, 0.15) is 5.82 Å². The molecule has 2 rings (SSSR count). The first-order valence-electron chi connectivity index (χ1n) is 7.47. The van der Waals surface area contributed by atoms with Crippen molar-refractivity contribution < 1.29 is 0 Å². The summed E-state index contributed by atoms with van der Waals surface area (Å²) in [5.41, 5.74) is 1.24. The van der Waals surface area contributed by atoms with Crippen LogP contribution in [0.25, 0.3) is 0 Å². The molecule has 1 aliphatic heterocycles. The van der Waals surface area contributed by atoms with E-state index in [1.165, 1.54) is 6.42 Å². The first kappa shape index (κ1) is 15.3. The third-order valence-electron chi connectivity index (χ3n) is 3.81. The van der Waals surface area contributed by atoms with Gasteiger partial charge in [-0.25, -0.2) is 4.98 Å². The Morgan fingerprint density at radius 1 is 1.35 bits per heavy atom. The molecule has 1 fully saturated rings. The van der Waals surface area contributed by atoms with E-state index in [2.05, 4.69) is 68.2 Å². The number of nitrogens with one attached hydrogen (secondary N) is 1. The zero-order valence-electron chi connectivity index (χ0n) is 13.5. The Hall–Kier alpha value is -1.13. The number of anilines is 1. The average Bonchev–Trinajstić information content (AvgIpc) is 2.86. The van der Waals surface area contributed by atoms with Crippen molar-refractivity contribution in [1.82, 2.24) is 15.2 Å². The predicted molar refractivity (Wildman–Crippen MR) is 85.1 cm³/mol. The molecule has 20 heavy (non-hydrogen) atoms. The Kier molecular flexibility index (Phi) is 4.66. The molecule has 1 saturated heterocycles. The highest BCUT2D eigenvalue weighted by Crippen LogP contribution is 2.20. The molecule has 4 heteroatoms. The van der Waals surface area contributed by atoms with Gasteiger partial charge in [0.15, 0.2) is 0 Å². The van der Waals surface area contributed by atoms with Crippen LogP contribution in [-0.4, -0.2) is 48.6 Å². The third-order valence-corrected chi connectivity index (χ3v) is 3.81. The van der Waals surface area contributed by atoms with Crippen molar-refractivity contribution >= 4 is 5.82 Å². The van der Waals surface area contributed by atoms with Crippen LogP contribution in [0.4, 0.5) is 5.82 Å². The summed E-state index contributed by atoms with van der Waals surface area (Å²) in [4.78, 5) is 9.50. The van der Waals surface area contributed by atoms with E-state index in [1.807, 2.05) is 0 Å². The molecule has 0 bridgehead atoms. The minimum Gasteiger partial charge on any atom is -0.355 e. The first-order valence-corrected chi connectivity index (χ1v) is 7.47. The van der Waals surface area contributed by atoms with Crippen LogP contribution in [0.2, 0.25) is 0 Å². The van der Waals surface area contributed by atoms with Gasteiger partial charge >= 0.3 is 0 Å². The quantitative estimate of drug-likeness (QED) is 0.912. The van der Waals surface area contributed by atoms with Crippen LogP contribution >= 0.6 is 0 Å². The molecule has 0 saturated carbocycles. The monoisotopic (exact) mass is 276 g/mol. The second kappa shape index (κ2) is 6.10. The van der Waals surface area contributed by atoms with Gasteiger partial charge in [0.2, 0.25) is 0 Å². The number of rotatable bonds is 4. The molecule has 1 atom stereocenters. The third kappa shape index (κ3) is 4.18. The van der Waals surface area contributed by atoms with Gasteiger partial charge in [-0.3, -0.25) is 0 Å². The van der Waals surface area contributed by atoms with Crippen LogP contribution in [0, 0.1) is 0 Å². The Balaban J connectivity index is 2.00. The van der Waals surface area contributed by atoms with Crippen LogP contribution in [0.1, 0.15) is 32.9 Å². The Labute approximate surface area is 123 Å². The standard InChI is InChI=1S/C16H28N4/c1-16(2,3)17-11-13-7-6-8-15(18-13)20-10-9-14(12-20)19(4)5/h6-8,14,17H,9-12H2,1-5H3. The Morgan fingerprint density at radius 3 is 2.70 bits per heavy atom. The minimum atomic E-state index is 0.126. The number of nitrogens with zero attached hydrogens (tertiary/aromatic N) is 3. The smallest absolute Gasteiger partial charge is 0.128 e. The second-order valence-corrected chi connectivity index (χ2v) is 6.94. The van der Waals surface area contributed by atoms with Gasteiger partial charge in [-0.2, -0.15) is 0 Å². The zero-order valence-corrected chi connectivity index (χ0v) is 13.5. The van der Waals surface area contributed by atoms with Crippen molar-refractivity contribution in [3.8, 4) is 0 Å². The van der Waals surface area contributed by atoms with Crippen molar-refractivity contribution in [3.05, 3.63) is 23.9 Å². The lowest BCUT2D eigenvalue weighted by Crippen LogP contribution is -2.35. The normalized spacial score (nSPS) is 19.9. The maximum absolute atomic E-state index is 4.80. The van der Waals surface area contributed by atoms with E-state index in [0.29, 0.717) is 6.04 Å². The predicted octanol–water partition coefficient (Wildman–Crippen LogP) is 2.11. The van der Waals surface area contributed by atoms with E-state index in [4.69, 9.17) is 4.98 Å². The number of likely N-dealkylation sites (N-methyl/N-ethyl adjacent to an activating group) is 1. The first-order chi connectivity index (χ1) is 9.35. The summed E-state index contributed by atoms with van der Waals surface area (Å²) in [5, 5.41) is 3.49. The lowest BCUT2D eigenvalue weighted by Gasteiger charge is -2.22. The summed E-state index contributed by atoms with van der Waals surface area (Å²) < 4.78 is 0. The van der Waals surface area contributed by atoms with Crippen LogP contribution in [0.15, 0.2) is 18.2 Å². The lowest BCUT2D eigenvalue weighted by molar-refractivity contribution is 0.315. The minimum absolute atomic E-state index is 0.126. The number of aromatic nitrogens is 1. The molecule has 2 heterocycles. The topological polar surface area (TPSA) is 31.4 Å². The van der Waals surface area contributed by atoms with Gasteiger partial charge in [-0.05, 0) is 53.4 Å². The number of hydrogen-bond donors (Lipinski definition) is 1. The largest absolute Gasteiger partial charge is 0.355 e. The molecular weight excluding hydrogens is 248 g/mol. The summed E-state index contributed by atoms with van der Waals surface area (Å²) in [6.45, 7) is 9.54. The fourth-order valence-electron chi connectivity index (χ4n) is 2.47. The van der Waals surface area contributed by atoms with Crippen molar-refractivity contribution in [2.24, 2.45) is 0 Å². The highest BCUT2D eigenvalue weighted by molar-refractivity contribution is 5.41. The van der Waals surface area contributed by atoms with Crippen LogP contribution in [0.5, 0.6) is 0 Å². The van der Waals surface area contributed by atoms with Gasteiger partial charge in [-0.1, -0.05) is 6.07 Å². The molecule has 0 aliphatic carbocycles. The second-order valence-electron chi connectivity index (χ2n) is 6.94. The molecule has 0 aromatic carbocycles. The molecule has 1 aromatic rings. The van der Waals surface area contributed by atoms with E-state index in [-0.39, 0.29) is 5.54 Å². The molecule has 1 N–H and O–H groups in total. The van der Waals surface area contributed by atoms with E-state index < -0.39 is 0 Å². The molecule has 112 valence electrons. The lowest BCUT2D eigenvalue weighted by atomic mass is 10.1. The number of hydrogen-bond acceptors (Lipinski definition) is 4. The fraction of sp³-hybridized carbons (Fsp3) is 0.688. The number of pyridine rings is 1. The summed E-state index contributed by atoms with van der Waals surface area (Å²) in [6.07, 6.45) is 1.22. The SMILES string of the molecule is CN(C)C1CCN(c2cccc(CNC(C)(C)C)n2)C1. The van der Waals surface area contributed by atoms with E-state index >= 15 is 0 Å². The molecule has 0 amide bonds. The van der Waals surface area contributed by atoms with Crippen molar-refractivity contribution in [2.75, 3.05) is 32.1 Å². The van der Waals surface area contributed by atoms with Gasteiger partial charge in [0.05, 0.1) is 5.69 Å². The van der Waals surface area contributed by atoms with E-state index in [9.17, 15) is 0 Å². The zero-order chi connectivity index (χ0) is 14.8. The maximum atomic E-state index is 4.80. The van der Waals surface area contributed by atoms with Crippen molar-refractivity contribution in [2.45, 2.75) is 45.3 Å². The van der Waals surface area contributed by atoms with E-state index in [1.54, 1.807) is 0 Å². The van der Waals surface area contributed by atoms with Crippen molar-refractivity contribution in [3.63, 3.8) is 0 Å². The van der Waals surface area contributed by atoms with Crippen LogP contribution < -0.4 is 10.2 Å². The summed E-state index contributed by atoms with van der Waals surface area (Å²) in [5.74, 6) is 1.11. The van der Waals surface area contributed by atoms with E-state index in [0.717, 1.165) is 31.1 Å². The van der Waals surface area contributed by atoms with Gasteiger partial charge in [0.25, 0.3) is 0 Å². The molecular formula is C16H28N4. The fourth-order valence-corrected chi connectivity index (χ4v) is 2.47. The molecule has 0 radical (unpaired) electrons. The summed E-state index contributed by atoms with van der Waals surface area (Å²) in [6, 6.07) is 6.99. The molecule has 1 unspecified atom stereocenters. The Morgan fingerprint density at radius 2 is 2.10 bits per heavy atom. The molecule has 4 nitrogen and oxygen atoms in total. The van der Waals surface area contributed by atoms with Crippen molar-refractivity contribution in [1.29, 1.82) is 0 Å². The van der Waals surface area contributed by atoms with Crippen LogP contribution in [-0.2, 0) is 6.54 Å². The van der Waals surface area contributed by atoms with Crippen LogP contribution in [0.3, 0.4) is 0 Å². The summed E-state index contributed by atoms with van der Waals surface area (Å²) >= 11 is 0. The highest BCUT2D eigenvalue weighted by atomic mass is 15.3. The maximum Gasteiger partial charge on any atom is 0.128 e. The molecule has 0 spiro atoms. The van der Waals surface area contributed by atoms with Gasteiger partial charge in [0, 0.05) is 31.2 Å². The van der Waals surface area contributed by atoms with Gasteiger partial charge in [-0.15, -0.1) is 0 Å². The summed E-state index contributed by atoms with van der Waals surface area (Å²) in [7, 11) is 4.32. The molecule has 1 aromatic heterocycles. The average molecular weight is 276 g/mol. The Bertz CT molecular complexity index is 436. The van der Waals surface area contributed by atoms with Gasteiger partial charge < -0.3 is 15.1 Å². The highest BCUT2D eigenvalue weighted by Gasteiger charge is 2.24. The molecule has 1 aliphatic rings.